The highest BCUT2D eigenvalue weighted by Gasteiger charge is 2.21. The van der Waals surface area contributed by atoms with Crippen LogP contribution in [0, 0.1) is 5.92 Å². The van der Waals surface area contributed by atoms with E-state index < -0.39 is 0 Å². The largest absolute Gasteiger partial charge is 0.393 e. The van der Waals surface area contributed by atoms with Gasteiger partial charge in [-0.2, -0.15) is 0 Å². The summed E-state index contributed by atoms with van der Waals surface area (Å²) < 4.78 is 0. The van der Waals surface area contributed by atoms with Crippen molar-refractivity contribution in [2.24, 2.45) is 5.92 Å². The molecule has 1 aliphatic rings. The van der Waals surface area contributed by atoms with E-state index in [2.05, 4.69) is 5.32 Å². The Labute approximate surface area is 60.4 Å². The molecule has 0 aromatic carbocycles. The van der Waals surface area contributed by atoms with Crippen LogP contribution in [0.2, 0.25) is 0 Å². The zero-order valence-corrected chi connectivity index (χ0v) is 5.92. The lowest BCUT2D eigenvalue weighted by Crippen LogP contribution is -2.19. The first-order chi connectivity index (χ1) is 4.83. The molecule has 1 amide bonds. The molecule has 2 N–H and O–H groups in total. The van der Waals surface area contributed by atoms with Gasteiger partial charge in [-0.15, -0.1) is 0 Å². The maximum absolute atomic E-state index is 9.87. The zero-order chi connectivity index (χ0) is 7.40. The van der Waals surface area contributed by atoms with Gasteiger partial charge >= 0.3 is 0 Å². The maximum atomic E-state index is 9.87. The Bertz CT molecular complexity index is 116. The van der Waals surface area contributed by atoms with Gasteiger partial charge in [0.1, 0.15) is 0 Å². The van der Waals surface area contributed by atoms with Crippen molar-refractivity contribution in [1.29, 1.82) is 0 Å². The van der Waals surface area contributed by atoms with Crippen LogP contribution < -0.4 is 5.32 Å². The fourth-order valence-electron chi connectivity index (χ4n) is 1.45. The molecular formula is C7H13NO2. The Morgan fingerprint density at radius 1 is 1.60 bits per heavy atom. The van der Waals surface area contributed by atoms with Gasteiger partial charge < -0.3 is 10.4 Å². The average Bonchev–Trinajstić information content (AvgIpc) is 2.31. The summed E-state index contributed by atoms with van der Waals surface area (Å²) in [7, 11) is 0. The van der Waals surface area contributed by atoms with Gasteiger partial charge in [0.05, 0.1) is 6.10 Å². The number of hydrogen-bond donors (Lipinski definition) is 2. The van der Waals surface area contributed by atoms with Gasteiger partial charge in [0.25, 0.3) is 0 Å². The van der Waals surface area contributed by atoms with E-state index in [1.807, 2.05) is 0 Å². The van der Waals surface area contributed by atoms with Crippen molar-refractivity contribution in [2.45, 2.75) is 25.4 Å². The van der Waals surface area contributed by atoms with Crippen LogP contribution in [0.1, 0.15) is 19.3 Å². The monoisotopic (exact) mass is 143 g/mol. The predicted octanol–water partition coefficient (Wildman–Crippen LogP) is -0.107. The fraction of sp³-hybridized carbons (Fsp3) is 0.857. The first-order valence-corrected chi connectivity index (χ1v) is 3.68. The van der Waals surface area contributed by atoms with E-state index in [9.17, 15) is 4.79 Å². The van der Waals surface area contributed by atoms with E-state index in [0.717, 1.165) is 25.8 Å². The Morgan fingerprint density at radius 3 is 2.90 bits per heavy atom. The van der Waals surface area contributed by atoms with Gasteiger partial charge in [0.15, 0.2) is 0 Å². The Balaban J connectivity index is 2.12. The van der Waals surface area contributed by atoms with Crippen LogP contribution in [-0.4, -0.2) is 24.2 Å². The molecule has 1 fully saturated rings. The lowest BCUT2D eigenvalue weighted by atomic mass is 10.1. The van der Waals surface area contributed by atoms with Crippen molar-refractivity contribution < 1.29 is 9.90 Å². The SMILES string of the molecule is O=CNCC1CCC(O)C1. The minimum atomic E-state index is -0.126. The lowest BCUT2D eigenvalue weighted by molar-refractivity contribution is -0.109. The van der Waals surface area contributed by atoms with Crippen LogP contribution in [0.15, 0.2) is 0 Å². The molecule has 0 bridgehead atoms. The second kappa shape index (κ2) is 3.56. The summed E-state index contributed by atoms with van der Waals surface area (Å²) in [4.78, 5) is 9.87. The number of carbonyl (C=O) groups is 1. The first-order valence-electron chi connectivity index (χ1n) is 3.68. The van der Waals surface area contributed by atoms with Gasteiger partial charge in [-0.3, -0.25) is 4.79 Å². The molecule has 1 rings (SSSR count). The number of aliphatic hydroxyl groups excluding tert-OH is 1. The third kappa shape index (κ3) is 1.99. The van der Waals surface area contributed by atoms with Crippen molar-refractivity contribution in [1.82, 2.24) is 5.32 Å². The average molecular weight is 143 g/mol. The van der Waals surface area contributed by atoms with Crippen molar-refractivity contribution in [3.8, 4) is 0 Å². The molecule has 58 valence electrons. The minimum Gasteiger partial charge on any atom is -0.393 e. The molecule has 1 aliphatic carbocycles. The number of rotatable bonds is 3. The molecule has 0 saturated heterocycles. The van der Waals surface area contributed by atoms with Gasteiger partial charge in [-0.25, -0.2) is 0 Å². The summed E-state index contributed by atoms with van der Waals surface area (Å²) in [5.74, 6) is 0.500. The molecule has 10 heavy (non-hydrogen) atoms. The lowest BCUT2D eigenvalue weighted by Gasteiger charge is -2.06. The summed E-state index contributed by atoms with van der Waals surface area (Å²) in [6.07, 6.45) is 3.37. The highest BCUT2D eigenvalue weighted by atomic mass is 16.3. The number of hydrogen-bond acceptors (Lipinski definition) is 2. The summed E-state index contributed by atoms with van der Waals surface area (Å²) in [6, 6.07) is 0. The molecule has 0 aromatic rings. The van der Waals surface area contributed by atoms with E-state index in [0.29, 0.717) is 12.3 Å². The van der Waals surface area contributed by atoms with E-state index in [-0.39, 0.29) is 6.10 Å². The maximum Gasteiger partial charge on any atom is 0.207 e. The standard InChI is InChI=1S/C7H13NO2/c9-5-8-4-6-1-2-7(10)3-6/h5-7,10H,1-4H2,(H,8,9). The Hall–Kier alpha value is -0.570. The van der Waals surface area contributed by atoms with Gasteiger partial charge in [0.2, 0.25) is 6.41 Å². The highest BCUT2D eigenvalue weighted by Crippen LogP contribution is 2.24. The quantitative estimate of drug-likeness (QED) is 0.542. The van der Waals surface area contributed by atoms with Crippen molar-refractivity contribution in [2.75, 3.05) is 6.54 Å². The molecule has 0 radical (unpaired) electrons. The second-order valence-corrected chi connectivity index (χ2v) is 2.86. The van der Waals surface area contributed by atoms with Crippen LogP contribution in [0.4, 0.5) is 0 Å². The topological polar surface area (TPSA) is 49.3 Å². The smallest absolute Gasteiger partial charge is 0.207 e. The van der Waals surface area contributed by atoms with Crippen LogP contribution >= 0.6 is 0 Å². The zero-order valence-electron chi connectivity index (χ0n) is 5.92. The van der Waals surface area contributed by atoms with E-state index in [4.69, 9.17) is 5.11 Å². The number of amides is 1. The van der Waals surface area contributed by atoms with Gasteiger partial charge in [-0.05, 0) is 25.2 Å². The minimum absolute atomic E-state index is 0.126. The van der Waals surface area contributed by atoms with Crippen LogP contribution in [-0.2, 0) is 4.79 Å². The van der Waals surface area contributed by atoms with Crippen LogP contribution in [0.3, 0.4) is 0 Å². The molecule has 0 aromatic heterocycles. The third-order valence-electron chi connectivity index (χ3n) is 2.00. The van der Waals surface area contributed by atoms with Crippen LogP contribution in [0.25, 0.3) is 0 Å². The molecule has 0 heterocycles. The van der Waals surface area contributed by atoms with E-state index in [1.54, 1.807) is 0 Å². The summed E-state index contributed by atoms with van der Waals surface area (Å²) in [5.41, 5.74) is 0. The van der Waals surface area contributed by atoms with Gasteiger partial charge in [0, 0.05) is 6.54 Å². The van der Waals surface area contributed by atoms with Crippen molar-refractivity contribution in [3.05, 3.63) is 0 Å². The predicted molar refractivity (Wildman–Crippen MR) is 37.4 cm³/mol. The normalized spacial score (nSPS) is 32.1. The van der Waals surface area contributed by atoms with Crippen molar-refractivity contribution >= 4 is 6.41 Å². The van der Waals surface area contributed by atoms with E-state index in [1.165, 1.54) is 0 Å². The van der Waals surface area contributed by atoms with Gasteiger partial charge in [-0.1, -0.05) is 0 Å². The Morgan fingerprint density at radius 2 is 2.40 bits per heavy atom. The Kier molecular flexibility index (Phi) is 2.68. The van der Waals surface area contributed by atoms with Crippen molar-refractivity contribution in [3.63, 3.8) is 0 Å². The molecule has 3 nitrogen and oxygen atoms in total. The fourth-order valence-corrected chi connectivity index (χ4v) is 1.45. The number of nitrogens with one attached hydrogen (secondary N) is 1. The molecule has 0 aliphatic heterocycles. The number of carbonyl (C=O) groups excluding carboxylic acids is 1. The van der Waals surface area contributed by atoms with Crippen LogP contribution in [0.5, 0.6) is 0 Å². The second-order valence-electron chi connectivity index (χ2n) is 2.86. The summed E-state index contributed by atoms with van der Waals surface area (Å²) >= 11 is 0. The van der Waals surface area contributed by atoms with E-state index >= 15 is 0 Å². The highest BCUT2D eigenvalue weighted by molar-refractivity contribution is 5.45. The molecule has 1 saturated carbocycles. The number of aliphatic hydroxyl groups is 1. The molecule has 3 heteroatoms. The molecular weight excluding hydrogens is 130 g/mol. The molecule has 2 atom stereocenters. The third-order valence-corrected chi connectivity index (χ3v) is 2.00. The molecule has 2 unspecified atom stereocenters. The summed E-state index contributed by atoms with van der Waals surface area (Å²) in [6.45, 7) is 0.723. The summed E-state index contributed by atoms with van der Waals surface area (Å²) in [5, 5.41) is 11.7. The molecule has 0 spiro atoms. The first kappa shape index (κ1) is 7.54.